The molecular formula is C14H30N2. The molecule has 0 aromatic heterocycles. The summed E-state index contributed by atoms with van der Waals surface area (Å²) in [6.07, 6.45) is 5.65. The molecule has 1 fully saturated rings. The molecule has 1 aliphatic rings. The third kappa shape index (κ3) is 4.84. The molecular weight excluding hydrogens is 196 g/mol. The summed E-state index contributed by atoms with van der Waals surface area (Å²) in [5.41, 5.74) is 0. The van der Waals surface area contributed by atoms with Gasteiger partial charge in [-0.1, -0.05) is 40.5 Å². The van der Waals surface area contributed by atoms with Crippen LogP contribution >= 0.6 is 0 Å². The van der Waals surface area contributed by atoms with Gasteiger partial charge in [0.15, 0.2) is 0 Å². The van der Waals surface area contributed by atoms with E-state index in [1.165, 1.54) is 38.8 Å². The summed E-state index contributed by atoms with van der Waals surface area (Å²) in [7, 11) is 0. The van der Waals surface area contributed by atoms with Gasteiger partial charge in [-0.05, 0) is 31.8 Å². The predicted molar refractivity (Wildman–Crippen MR) is 71.8 cm³/mol. The van der Waals surface area contributed by atoms with E-state index < -0.39 is 0 Å². The van der Waals surface area contributed by atoms with Crippen molar-refractivity contribution >= 4 is 0 Å². The molecule has 1 rings (SSSR count). The maximum atomic E-state index is 3.60. The fraction of sp³-hybridized carbons (Fsp3) is 1.00. The van der Waals surface area contributed by atoms with Gasteiger partial charge in [0.25, 0.3) is 0 Å². The molecule has 2 heteroatoms. The van der Waals surface area contributed by atoms with Crippen LogP contribution in [0.3, 0.4) is 0 Å². The van der Waals surface area contributed by atoms with Crippen LogP contribution < -0.4 is 5.32 Å². The minimum Gasteiger partial charge on any atom is -0.313 e. The van der Waals surface area contributed by atoms with Crippen molar-refractivity contribution in [3.8, 4) is 0 Å². The first-order valence-corrected chi connectivity index (χ1v) is 7.08. The smallest absolute Gasteiger partial charge is 0.0243 e. The number of nitrogens with zero attached hydrogens (tertiary/aromatic N) is 1. The summed E-state index contributed by atoms with van der Waals surface area (Å²) >= 11 is 0. The molecule has 0 saturated carbocycles. The fourth-order valence-corrected chi connectivity index (χ4v) is 2.57. The van der Waals surface area contributed by atoms with Crippen molar-refractivity contribution in [2.75, 3.05) is 19.6 Å². The molecule has 0 aromatic carbocycles. The van der Waals surface area contributed by atoms with Crippen molar-refractivity contribution in [1.29, 1.82) is 0 Å². The molecule has 0 radical (unpaired) electrons. The highest BCUT2D eigenvalue weighted by Crippen LogP contribution is 2.17. The largest absolute Gasteiger partial charge is 0.313 e. The Morgan fingerprint density at radius 3 is 1.94 bits per heavy atom. The average molecular weight is 226 g/mol. The van der Waals surface area contributed by atoms with Crippen LogP contribution in [0.2, 0.25) is 0 Å². The Balaban J connectivity index is 2.46. The number of hydrogen-bond donors (Lipinski definition) is 1. The summed E-state index contributed by atoms with van der Waals surface area (Å²) in [5, 5.41) is 3.60. The molecule has 1 atom stereocenters. The first kappa shape index (κ1) is 14.0. The highest BCUT2D eigenvalue weighted by molar-refractivity contribution is 4.79. The molecule has 0 bridgehead atoms. The lowest BCUT2D eigenvalue weighted by molar-refractivity contribution is 0.154. The van der Waals surface area contributed by atoms with Crippen LogP contribution in [0.5, 0.6) is 0 Å². The quantitative estimate of drug-likeness (QED) is 0.775. The number of hydrogen-bond acceptors (Lipinski definition) is 2. The summed E-state index contributed by atoms with van der Waals surface area (Å²) in [4.78, 5) is 2.72. The van der Waals surface area contributed by atoms with Crippen LogP contribution in [0.1, 0.15) is 53.4 Å². The number of rotatable bonds is 5. The monoisotopic (exact) mass is 226 g/mol. The second-order valence-corrected chi connectivity index (χ2v) is 5.82. The number of nitrogens with one attached hydrogen (secondary N) is 1. The summed E-state index contributed by atoms with van der Waals surface area (Å²) < 4.78 is 0. The molecule has 1 aliphatic heterocycles. The van der Waals surface area contributed by atoms with Crippen LogP contribution in [-0.2, 0) is 0 Å². The second kappa shape index (κ2) is 7.29. The maximum absolute atomic E-state index is 3.60. The lowest BCUT2D eigenvalue weighted by Gasteiger charge is -2.34. The van der Waals surface area contributed by atoms with Gasteiger partial charge in [0.1, 0.15) is 0 Å². The van der Waals surface area contributed by atoms with E-state index >= 15 is 0 Å². The molecule has 1 saturated heterocycles. The molecule has 1 heterocycles. The topological polar surface area (TPSA) is 15.3 Å². The standard InChI is InChI=1S/C14H30N2/c1-12(2)14(11-15-13(3)4)16-9-7-5-6-8-10-16/h12-15H,5-11H2,1-4H3. The Hall–Kier alpha value is -0.0800. The molecule has 0 aromatic rings. The van der Waals surface area contributed by atoms with E-state index in [0.29, 0.717) is 6.04 Å². The van der Waals surface area contributed by atoms with Gasteiger partial charge in [0.05, 0.1) is 0 Å². The first-order chi connectivity index (χ1) is 7.61. The molecule has 16 heavy (non-hydrogen) atoms. The van der Waals surface area contributed by atoms with Crippen molar-refractivity contribution in [2.45, 2.75) is 65.5 Å². The predicted octanol–water partition coefficient (Wildman–Crippen LogP) is 2.89. The van der Waals surface area contributed by atoms with Crippen molar-refractivity contribution in [2.24, 2.45) is 5.92 Å². The lowest BCUT2D eigenvalue weighted by atomic mass is 10.0. The summed E-state index contributed by atoms with van der Waals surface area (Å²) in [6, 6.07) is 1.33. The summed E-state index contributed by atoms with van der Waals surface area (Å²) in [6.45, 7) is 13.0. The van der Waals surface area contributed by atoms with Crippen LogP contribution in [0.25, 0.3) is 0 Å². The van der Waals surface area contributed by atoms with Gasteiger partial charge in [-0.2, -0.15) is 0 Å². The molecule has 96 valence electrons. The Bertz CT molecular complexity index is 170. The first-order valence-electron chi connectivity index (χ1n) is 7.08. The van der Waals surface area contributed by atoms with Gasteiger partial charge in [0, 0.05) is 18.6 Å². The Morgan fingerprint density at radius 1 is 0.938 bits per heavy atom. The molecule has 0 amide bonds. The van der Waals surface area contributed by atoms with Crippen molar-refractivity contribution < 1.29 is 0 Å². The highest BCUT2D eigenvalue weighted by atomic mass is 15.2. The Kier molecular flexibility index (Phi) is 6.37. The van der Waals surface area contributed by atoms with Crippen molar-refractivity contribution in [3.05, 3.63) is 0 Å². The van der Waals surface area contributed by atoms with E-state index in [1.807, 2.05) is 0 Å². The maximum Gasteiger partial charge on any atom is 0.0243 e. The van der Waals surface area contributed by atoms with Crippen LogP contribution in [0.15, 0.2) is 0 Å². The fourth-order valence-electron chi connectivity index (χ4n) is 2.57. The third-order valence-electron chi connectivity index (χ3n) is 3.61. The minimum absolute atomic E-state index is 0.605. The zero-order valence-corrected chi connectivity index (χ0v) is 11.6. The van der Waals surface area contributed by atoms with Gasteiger partial charge in [0.2, 0.25) is 0 Å². The van der Waals surface area contributed by atoms with Gasteiger partial charge in [-0.15, -0.1) is 0 Å². The zero-order chi connectivity index (χ0) is 12.0. The van der Waals surface area contributed by atoms with E-state index in [4.69, 9.17) is 0 Å². The van der Waals surface area contributed by atoms with Gasteiger partial charge >= 0.3 is 0 Å². The Labute approximate surface area is 102 Å². The highest BCUT2D eigenvalue weighted by Gasteiger charge is 2.22. The molecule has 1 N–H and O–H groups in total. The van der Waals surface area contributed by atoms with Gasteiger partial charge in [-0.3, -0.25) is 4.90 Å². The van der Waals surface area contributed by atoms with E-state index in [9.17, 15) is 0 Å². The zero-order valence-electron chi connectivity index (χ0n) is 11.6. The van der Waals surface area contributed by atoms with Crippen LogP contribution in [-0.4, -0.2) is 36.6 Å². The van der Waals surface area contributed by atoms with Crippen LogP contribution in [0, 0.1) is 5.92 Å². The van der Waals surface area contributed by atoms with E-state index in [2.05, 4.69) is 37.9 Å². The minimum atomic E-state index is 0.605. The SMILES string of the molecule is CC(C)NCC(C(C)C)N1CCCCCC1. The van der Waals surface area contributed by atoms with Crippen molar-refractivity contribution in [1.82, 2.24) is 10.2 Å². The van der Waals surface area contributed by atoms with Gasteiger partial charge < -0.3 is 5.32 Å². The van der Waals surface area contributed by atoms with E-state index in [-0.39, 0.29) is 0 Å². The second-order valence-electron chi connectivity index (χ2n) is 5.82. The van der Waals surface area contributed by atoms with E-state index in [1.54, 1.807) is 0 Å². The number of likely N-dealkylation sites (tertiary alicyclic amines) is 1. The lowest BCUT2D eigenvalue weighted by Crippen LogP contribution is -2.47. The average Bonchev–Trinajstić information content (AvgIpc) is 2.45. The molecule has 0 aliphatic carbocycles. The molecule has 0 spiro atoms. The van der Waals surface area contributed by atoms with E-state index in [0.717, 1.165) is 18.5 Å². The molecule has 2 nitrogen and oxygen atoms in total. The molecule has 1 unspecified atom stereocenters. The van der Waals surface area contributed by atoms with Crippen molar-refractivity contribution in [3.63, 3.8) is 0 Å². The normalized spacial score (nSPS) is 21.4. The third-order valence-corrected chi connectivity index (χ3v) is 3.61. The van der Waals surface area contributed by atoms with Gasteiger partial charge in [-0.25, -0.2) is 0 Å². The summed E-state index contributed by atoms with van der Waals surface area (Å²) in [5.74, 6) is 0.754. The van der Waals surface area contributed by atoms with Crippen LogP contribution in [0.4, 0.5) is 0 Å². The Morgan fingerprint density at radius 2 is 1.50 bits per heavy atom.